The average Bonchev–Trinajstić information content (AvgIpc) is 3.00. The van der Waals surface area contributed by atoms with E-state index in [0.29, 0.717) is 12.5 Å². The lowest BCUT2D eigenvalue weighted by Gasteiger charge is -2.22. The second-order valence-electron chi connectivity index (χ2n) is 4.65. The number of aromatic nitrogens is 2. The molecule has 1 aromatic heterocycles. The van der Waals surface area contributed by atoms with Crippen LogP contribution in [0.3, 0.4) is 0 Å². The van der Waals surface area contributed by atoms with Crippen molar-refractivity contribution in [3.05, 3.63) is 17.5 Å². The topological polar surface area (TPSA) is 78.9 Å². The maximum atomic E-state index is 7.31. The molecule has 1 aliphatic carbocycles. The van der Waals surface area contributed by atoms with Crippen LogP contribution in [0.15, 0.2) is 6.07 Å². The van der Waals surface area contributed by atoms with Crippen LogP contribution in [-0.4, -0.2) is 28.4 Å². The van der Waals surface area contributed by atoms with Gasteiger partial charge in [0.15, 0.2) is 0 Å². The van der Waals surface area contributed by atoms with Gasteiger partial charge in [-0.25, -0.2) is 9.97 Å². The lowest BCUT2D eigenvalue weighted by Crippen LogP contribution is -2.31. The Kier molecular flexibility index (Phi) is 3.26. The number of anilines is 1. The van der Waals surface area contributed by atoms with E-state index in [0.717, 1.165) is 23.9 Å². The van der Waals surface area contributed by atoms with Gasteiger partial charge >= 0.3 is 0 Å². The van der Waals surface area contributed by atoms with E-state index in [4.69, 9.17) is 11.1 Å². The van der Waals surface area contributed by atoms with E-state index in [1.807, 2.05) is 19.9 Å². The van der Waals surface area contributed by atoms with E-state index in [2.05, 4.69) is 14.9 Å². The Morgan fingerprint density at radius 2 is 2.00 bits per heavy atom. The third-order valence-corrected chi connectivity index (χ3v) is 2.84. The van der Waals surface area contributed by atoms with Gasteiger partial charge in [-0.15, -0.1) is 0 Å². The summed E-state index contributed by atoms with van der Waals surface area (Å²) < 4.78 is 0. The quantitative estimate of drug-likeness (QED) is 0.595. The van der Waals surface area contributed by atoms with Crippen LogP contribution in [0, 0.1) is 19.3 Å². The van der Waals surface area contributed by atoms with Crippen LogP contribution < -0.4 is 10.6 Å². The van der Waals surface area contributed by atoms with Gasteiger partial charge in [-0.05, 0) is 32.8 Å². The van der Waals surface area contributed by atoms with Gasteiger partial charge in [0.25, 0.3) is 0 Å². The molecule has 0 amide bonds. The zero-order valence-electron chi connectivity index (χ0n) is 10.4. The van der Waals surface area contributed by atoms with E-state index in [1.54, 1.807) is 0 Å². The van der Waals surface area contributed by atoms with Gasteiger partial charge in [0.1, 0.15) is 0 Å². The molecular formula is C12H19N5. The second-order valence-corrected chi connectivity index (χ2v) is 4.65. The van der Waals surface area contributed by atoms with Gasteiger partial charge in [-0.1, -0.05) is 0 Å². The van der Waals surface area contributed by atoms with Crippen LogP contribution in [0.1, 0.15) is 30.7 Å². The molecule has 0 aromatic carbocycles. The molecule has 5 heteroatoms. The van der Waals surface area contributed by atoms with E-state index >= 15 is 0 Å². The van der Waals surface area contributed by atoms with Crippen molar-refractivity contribution >= 4 is 11.8 Å². The third kappa shape index (κ3) is 3.15. The molecule has 1 aliphatic rings. The van der Waals surface area contributed by atoms with Gasteiger partial charge in [0.05, 0.1) is 5.84 Å². The lowest BCUT2D eigenvalue weighted by molar-refractivity contribution is 0.756. The fraction of sp³-hybridized carbons (Fsp3) is 0.583. The van der Waals surface area contributed by atoms with Crippen molar-refractivity contribution in [1.82, 2.24) is 9.97 Å². The largest absolute Gasteiger partial charge is 0.388 e. The standard InChI is InChI=1S/C12H19N5/c1-8-7-9(2)16-12(15-8)17(10-3-4-10)6-5-11(13)14/h7,10H,3-6H2,1-2H3,(H3,13,14). The van der Waals surface area contributed by atoms with Crippen LogP contribution in [0.5, 0.6) is 0 Å². The molecule has 0 unspecified atom stereocenters. The summed E-state index contributed by atoms with van der Waals surface area (Å²) in [4.78, 5) is 11.1. The van der Waals surface area contributed by atoms with Crippen molar-refractivity contribution < 1.29 is 0 Å². The first-order chi connectivity index (χ1) is 8.06. The number of hydrogen-bond acceptors (Lipinski definition) is 4. The van der Waals surface area contributed by atoms with Crippen LogP contribution >= 0.6 is 0 Å². The van der Waals surface area contributed by atoms with Crippen LogP contribution in [0.25, 0.3) is 0 Å². The van der Waals surface area contributed by atoms with Crippen molar-refractivity contribution in [3.63, 3.8) is 0 Å². The Morgan fingerprint density at radius 1 is 1.41 bits per heavy atom. The molecule has 1 saturated carbocycles. The maximum Gasteiger partial charge on any atom is 0.226 e. The van der Waals surface area contributed by atoms with Crippen LogP contribution in [-0.2, 0) is 0 Å². The van der Waals surface area contributed by atoms with Crippen molar-refractivity contribution in [2.24, 2.45) is 5.73 Å². The zero-order valence-corrected chi connectivity index (χ0v) is 10.4. The number of nitrogens with two attached hydrogens (primary N) is 1. The van der Waals surface area contributed by atoms with Crippen LogP contribution in [0.2, 0.25) is 0 Å². The average molecular weight is 233 g/mol. The van der Waals surface area contributed by atoms with E-state index < -0.39 is 0 Å². The number of nitrogens with one attached hydrogen (secondary N) is 1. The minimum atomic E-state index is 0.222. The first-order valence-corrected chi connectivity index (χ1v) is 5.98. The predicted molar refractivity (Wildman–Crippen MR) is 68.4 cm³/mol. The van der Waals surface area contributed by atoms with E-state index in [-0.39, 0.29) is 5.84 Å². The summed E-state index contributed by atoms with van der Waals surface area (Å²) in [5.41, 5.74) is 7.39. The normalized spacial score (nSPS) is 14.7. The van der Waals surface area contributed by atoms with Gasteiger partial charge in [0.2, 0.25) is 5.95 Å². The fourth-order valence-corrected chi connectivity index (χ4v) is 1.91. The molecule has 0 bridgehead atoms. The lowest BCUT2D eigenvalue weighted by atomic mass is 10.3. The fourth-order valence-electron chi connectivity index (χ4n) is 1.91. The third-order valence-electron chi connectivity index (χ3n) is 2.84. The molecule has 2 rings (SSSR count). The highest BCUT2D eigenvalue weighted by molar-refractivity contribution is 5.77. The number of aryl methyl sites for hydroxylation is 2. The van der Waals surface area contributed by atoms with Crippen molar-refractivity contribution in [3.8, 4) is 0 Å². The van der Waals surface area contributed by atoms with Crippen molar-refractivity contribution in [1.29, 1.82) is 5.41 Å². The van der Waals surface area contributed by atoms with Crippen LogP contribution in [0.4, 0.5) is 5.95 Å². The molecule has 1 fully saturated rings. The molecule has 0 spiro atoms. The van der Waals surface area contributed by atoms with Gasteiger partial charge in [-0.2, -0.15) is 0 Å². The highest BCUT2D eigenvalue weighted by Crippen LogP contribution is 2.30. The zero-order chi connectivity index (χ0) is 12.4. The first-order valence-electron chi connectivity index (χ1n) is 5.98. The summed E-state index contributed by atoms with van der Waals surface area (Å²) in [7, 11) is 0. The summed E-state index contributed by atoms with van der Waals surface area (Å²) in [6, 6.07) is 2.51. The maximum absolute atomic E-state index is 7.31. The number of nitrogens with zero attached hydrogens (tertiary/aromatic N) is 3. The highest BCUT2D eigenvalue weighted by atomic mass is 15.3. The molecule has 0 aliphatic heterocycles. The summed E-state index contributed by atoms with van der Waals surface area (Å²) in [6.07, 6.45) is 2.95. The van der Waals surface area contributed by atoms with E-state index in [1.165, 1.54) is 12.8 Å². The molecule has 92 valence electrons. The molecular weight excluding hydrogens is 214 g/mol. The Hall–Kier alpha value is -1.65. The van der Waals surface area contributed by atoms with Gasteiger partial charge in [-0.3, -0.25) is 5.41 Å². The van der Waals surface area contributed by atoms with Gasteiger partial charge in [0, 0.05) is 30.4 Å². The number of hydrogen-bond donors (Lipinski definition) is 2. The second kappa shape index (κ2) is 4.69. The summed E-state index contributed by atoms with van der Waals surface area (Å²) in [5.74, 6) is 1.01. The van der Waals surface area contributed by atoms with Crippen molar-refractivity contribution in [2.45, 2.75) is 39.2 Å². The molecule has 17 heavy (non-hydrogen) atoms. The number of amidine groups is 1. The number of rotatable bonds is 5. The Bertz CT molecular complexity index is 405. The van der Waals surface area contributed by atoms with Crippen molar-refractivity contribution in [2.75, 3.05) is 11.4 Å². The summed E-state index contributed by atoms with van der Waals surface area (Å²) in [5, 5.41) is 7.31. The van der Waals surface area contributed by atoms with E-state index in [9.17, 15) is 0 Å². The molecule has 1 aromatic rings. The molecule has 0 atom stereocenters. The minimum absolute atomic E-state index is 0.222. The summed E-state index contributed by atoms with van der Waals surface area (Å²) in [6.45, 7) is 4.70. The Labute approximate surface area is 102 Å². The molecule has 0 saturated heterocycles. The predicted octanol–water partition coefficient (Wildman–Crippen LogP) is 1.39. The Balaban J connectivity index is 2.16. The highest BCUT2D eigenvalue weighted by Gasteiger charge is 2.30. The monoisotopic (exact) mass is 233 g/mol. The smallest absolute Gasteiger partial charge is 0.226 e. The molecule has 1 heterocycles. The van der Waals surface area contributed by atoms with Gasteiger partial charge < -0.3 is 10.6 Å². The summed E-state index contributed by atoms with van der Waals surface area (Å²) >= 11 is 0. The minimum Gasteiger partial charge on any atom is -0.388 e. The molecule has 5 nitrogen and oxygen atoms in total. The SMILES string of the molecule is Cc1cc(C)nc(N(CCC(=N)N)C2CC2)n1. The molecule has 3 N–H and O–H groups in total. The molecule has 0 radical (unpaired) electrons. The first kappa shape index (κ1) is 11.8. The Morgan fingerprint density at radius 3 is 2.47 bits per heavy atom.